The highest BCUT2D eigenvalue weighted by Gasteiger charge is 2.19. The minimum atomic E-state index is 0.0780. The van der Waals surface area contributed by atoms with Crippen molar-refractivity contribution in [2.75, 3.05) is 0 Å². The van der Waals surface area contributed by atoms with E-state index in [9.17, 15) is 0 Å². The van der Waals surface area contributed by atoms with Gasteiger partial charge in [-0.3, -0.25) is 4.68 Å². The van der Waals surface area contributed by atoms with Crippen molar-refractivity contribution in [2.24, 2.45) is 7.05 Å². The lowest BCUT2D eigenvalue weighted by Crippen LogP contribution is -2.35. The van der Waals surface area contributed by atoms with Gasteiger partial charge in [-0.05, 0) is 47.6 Å². The summed E-state index contributed by atoms with van der Waals surface area (Å²) in [6.07, 6.45) is 0. The molecule has 0 radical (unpaired) electrons. The molecule has 0 amide bonds. The van der Waals surface area contributed by atoms with E-state index in [0.717, 1.165) is 29.4 Å². The van der Waals surface area contributed by atoms with E-state index < -0.39 is 0 Å². The van der Waals surface area contributed by atoms with Crippen LogP contribution in [0.3, 0.4) is 0 Å². The maximum Gasteiger partial charge on any atom is 0.156 e. The van der Waals surface area contributed by atoms with E-state index in [4.69, 9.17) is 0 Å². The Bertz CT molecular complexity index is 613. The Morgan fingerprint density at radius 1 is 1.15 bits per heavy atom. The molecule has 1 N–H and O–H groups in total. The van der Waals surface area contributed by atoms with Gasteiger partial charge in [-0.1, -0.05) is 0 Å². The standard InChI is InChI=1S/C15H25N5/c1-10-8-11(2)20(17-10)14-13(9-16-15(4,5)6)12(3)18-19(14)7/h8,16H,9H2,1-7H3. The van der Waals surface area contributed by atoms with Crippen LogP contribution in [0.25, 0.3) is 5.82 Å². The lowest BCUT2D eigenvalue weighted by molar-refractivity contribution is 0.423. The van der Waals surface area contributed by atoms with Crippen LogP contribution in [0.4, 0.5) is 0 Å². The zero-order chi connectivity index (χ0) is 15.1. The third-order valence-electron chi connectivity index (χ3n) is 3.32. The third-order valence-corrected chi connectivity index (χ3v) is 3.32. The SMILES string of the molecule is Cc1cc(C)n(-c2c(CNC(C)(C)C)c(C)nn2C)n1. The van der Waals surface area contributed by atoms with E-state index in [1.54, 1.807) is 0 Å². The number of aryl methyl sites for hydroxylation is 4. The highest BCUT2D eigenvalue weighted by atomic mass is 15.4. The second-order valence-electron chi connectivity index (χ2n) is 6.45. The van der Waals surface area contributed by atoms with Gasteiger partial charge in [0, 0.05) is 30.4 Å². The maximum absolute atomic E-state index is 4.59. The van der Waals surface area contributed by atoms with Crippen molar-refractivity contribution in [1.29, 1.82) is 0 Å². The van der Waals surface area contributed by atoms with Crippen molar-refractivity contribution in [3.63, 3.8) is 0 Å². The summed E-state index contributed by atoms with van der Waals surface area (Å²) in [5.74, 6) is 1.05. The molecular formula is C15H25N5. The molecule has 0 aliphatic heterocycles. The van der Waals surface area contributed by atoms with Gasteiger partial charge < -0.3 is 5.32 Å². The van der Waals surface area contributed by atoms with Crippen LogP contribution in [-0.2, 0) is 13.6 Å². The van der Waals surface area contributed by atoms with Crippen LogP contribution in [0.5, 0.6) is 0 Å². The topological polar surface area (TPSA) is 47.7 Å². The third kappa shape index (κ3) is 2.93. The van der Waals surface area contributed by atoms with Crippen molar-refractivity contribution in [2.45, 2.75) is 53.6 Å². The van der Waals surface area contributed by atoms with Gasteiger partial charge in [0.05, 0.1) is 11.4 Å². The summed E-state index contributed by atoms with van der Waals surface area (Å²) in [6.45, 7) is 13.4. The first-order valence-corrected chi connectivity index (χ1v) is 7.00. The molecule has 0 saturated carbocycles. The number of nitrogens with one attached hydrogen (secondary N) is 1. The summed E-state index contributed by atoms with van der Waals surface area (Å²) in [5, 5.41) is 12.7. The summed E-state index contributed by atoms with van der Waals surface area (Å²) < 4.78 is 3.89. The first-order chi connectivity index (χ1) is 9.19. The lowest BCUT2D eigenvalue weighted by Gasteiger charge is -2.21. The molecule has 20 heavy (non-hydrogen) atoms. The smallest absolute Gasteiger partial charge is 0.156 e. The van der Waals surface area contributed by atoms with Crippen LogP contribution in [0.1, 0.15) is 43.4 Å². The molecule has 0 aliphatic carbocycles. The van der Waals surface area contributed by atoms with Gasteiger partial charge in [-0.15, -0.1) is 0 Å². The molecule has 5 nitrogen and oxygen atoms in total. The Hall–Kier alpha value is -1.62. The van der Waals surface area contributed by atoms with E-state index in [0.29, 0.717) is 0 Å². The Labute approximate surface area is 121 Å². The maximum atomic E-state index is 4.59. The van der Waals surface area contributed by atoms with Gasteiger partial charge in [-0.25, -0.2) is 4.68 Å². The summed E-state index contributed by atoms with van der Waals surface area (Å²) in [6, 6.07) is 2.09. The van der Waals surface area contributed by atoms with Crippen LogP contribution in [-0.4, -0.2) is 25.1 Å². The summed E-state index contributed by atoms with van der Waals surface area (Å²) in [5.41, 5.74) is 4.48. The first-order valence-electron chi connectivity index (χ1n) is 7.00. The molecule has 0 aliphatic rings. The van der Waals surface area contributed by atoms with Crippen LogP contribution in [0, 0.1) is 20.8 Å². The van der Waals surface area contributed by atoms with Gasteiger partial charge in [0.1, 0.15) is 0 Å². The second-order valence-corrected chi connectivity index (χ2v) is 6.45. The van der Waals surface area contributed by atoms with Crippen LogP contribution in [0.2, 0.25) is 0 Å². The van der Waals surface area contributed by atoms with E-state index in [2.05, 4.69) is 56.2 Å². The van der Waals surface area contributed by atoms with Crippen molar-refractivity contribution >= 4 is 0 Å². The molecule has 0 aromatic carbocycles. The normalized spacial score (nSPS) is 12.2. The van der Waals surface area contributed by atoms with Crippen LogP contribution in [0.15, 0.2) is 6.07 Å². The number of hydrogen-bond donors (Lipinski definition) is 1. The average molecular weight is 275 g/mol. The monoisotopic (exact) mass is 275 g/mol. The zero-order valence-electron chi connectivity index (χ0n) is 13.6. The molecule has 110 valence electrons. The van der Waals surface area contributed by atoms with Crippen molar-refractivity contribution in [3.8, 4) is 5.82 Å². The average Bonchev–Trinajstić information content (AvgIpc) is 2.74. The lowest BCUT2D eigenvalue weighted by atomic mass is 10.1. The second kappa shape index (κ2) is 5.05. The Morgan fingerprint density at radius 2 is 1.80 bits per heavy atom. The van der Waals surface area contributed by atoms with Crippen LogP contribution < -0.4 is 5.32 Å². The number of rotatable bonds is 3. The van der Waals surface area contributed by atoms with E-state index >= 15 is 0 Å². The molecule has 2 heterocycles. The highest BCUT2D eigenvalue weighted by molar-refractivity contribution is 5.39. The molecule has 0 fully saturated rings. The highest BCUT2D eigenvalue weighted by Crippen LogP contribution is 2.20. The molecule has 0 saturated heterocycles. The fourth-order valence-corrected chi connectivity index (χ4v) is 2.36. The molecule has 2 aromatic heterocycles. The summed E-state index contributed by atoms with van der Waals surface area (Å²) in [4.78, 5) is 0. The Balaban J connectivity index is 2.45. The van der Waals surface area contributed by atoms with Gasteiger partial charge >= 0.3 is 0 Å². The molecule has 0 atom stereocenters. The first kappa shape index (κ1) is 14.8. The number of nitrogens with zero attached hydrogens (tertiary/aromatic N) is 4. The molecule has 0 bridgehead atoms. The van der Waals surface area contributed by atoms with E-state index in [-0.39, 0.29) is 5.54 Å². The molecule has 2 aromatic rings. The molecule has 2 rings (SSSR count). The molecule has 0 unspecified atom stereocenters. The molecular weight excluding hydrogens is 250 g/mol. The largest absolute Gasteiger partial charge is 0.308 e. The van der Waals surface area contributed by atoms with Crippen LogP contribution >= 0.6 is 0 Å². The van der Waals surface area contributed by atoms with E-state index in [1.165, 1.54) is 5.56 Å². The predicted molar refractivity (Wildman–Crippen MR) is 81.1 cm³/mol. The zero-order valence-corrected chi connectivity index (χ0v) is 13.6. The summed E-state index contributed by atoms with van der Waals surface area (Å²) in [7, 11) is 1.97. The van der Waals surface area contributed by atoms with E-state index in [1.807, 2.05) is 23.3 Å². The fraction of sp³-hybridized carbons (Fsp3) is 0.600. The Kier molecular flexibility index (Phi) is 3.73. The van der Waals surface area contributed by atoms with Crippen molar-refractivity contribution in [1.82, 2.24) is 24.9 Å². The number of hydrogen-bond acceptors (Lipinski definition) is 3. The Morgan fingerprint density at radius 3 is 2.30 bits per heavy atom. The van der Waals surface area contributed by atoms with Crippen molar-refractivity contribution in [3.05, 3.63) is 28.7 Å². The number of aromatic nitrogens is 4. The van der Waals surface area contributed by atoms with Gasteiger partial charge in [-0.2, -0.15) is 10.2 Å². The molecule has 5 heteroatoms. The van der Waals surface area contributed by atoms with Crippen molar-refractivity contribution < 1.29 is 0 Å². The summed E-state index contributed by atoms with van der Waals surface area (Å²) >= 11 is 0. The van der Waals surface area contributed by atoms with Gasteiger partial charge in [0.25, 0.3) is 0 Å². The quantitative estimate of drug-likeness (QED) is 0.936. The minimum Gasteiger partial charge on any atom is -0.308 e. The predicted octanol–water partition coefficient (Wildman–Crippen LogP) is 2.42. The fourth-order valence-electron chi connectivity index (χ4n) is 2.36. The van der Waals surface area contributed by atoms with Gasteiger partial charge in [0.15, 0.2) is 5.82 Å². The van der Waals surface area contributed by atoms with Gasteiger partial charge in [0.2, 0.25) is 0 Å². The minimum absolute atomic E-state index is 0.0780. The molecule has 0 spiro atoms.